The topological polar surface area (TPSA) is 81.4 Å². The van der Waals surface area contributed by atoms with E-state index in [9.17, 15) is 9.59 Å². The Morgan fingerprint density at radius 1 is 1.24 bits per heavy atom. The highest BCUT2D eigenvalue weighted by molar-refractivity contribution is 5.96. The van der Waals surface area contributed by atoms with Crippen molar-refractivity contribution in [2.45, 2.75) is 0 Å². The van der Waals surface area contributed by atoms with Gasteiger partial charge in [-0.15, -0.1) is 12.4 Å². The van der Waals surface area contributed by atoms with Gasteiger partial charge in [0.1, 0.15) is 0 Å². The summed E-state index contributed by atoms with van der Waals surface area (Å²) in [5.41, 5.74) is 6.16. The smallest absolute Gasteiger partial charge is 0.337 e. The summed E-state index contributed by atoms with van der Waals surface area (Å²) in [6.07, 6.45) is 0. The van der Waals surface area contributed by atoms with Crippen molar-refractivity contribution in [2.24, 2.45) is 5.73 Å². The van der Waals surface area contributed by atoms with Crippen LogP contribution in [0.2, 0.25) is 0 Å². The summed E-state index contributed by atoms with van der Waals surface area (Å²) < 4.78 is 4.55. The van der Waals surface area contributed by atoms with Gasteiger partial charge in [0.05, 0.1) is 12.7 Å². The zero-order valence-electron chi connectivity index (χ0n) is 9.43. The molecule has 1 aromatic rings. The van der Waals surface area contributed by atoms with E-state index in [0.29, 0.717) is 24.2 Å². The van der Waals surface area contributed by atoms with Crippen LogP contribution in [0.1, 0.15) is 20.7 Å². The molecule has 0 atom stereocenters. The van der Waals surface area contributed by atoms with E-state index in [4.69, 9.17) is 5.73 Å². The van der Waals surface area contributed by atoms with E-state index in [-0.39, 0.29) is 18.3 Å². The first kappa shape index (κ1) is 15.4. The highest BCUT2D eigenvalue weighted by atomic mass is 35.5. The predicted molar refractivity (Wildman–Crippen MR) is 66.4 cm³/mol. The molecule has 1 amide bonds. The van der Waals surface area contributed by atoms with E-state index >= 15 is 0 Å². The van der Waals surface area contributed by atoms with Crippen molar-refractivity contribution >= 4 is 24.3 Å². The number of carbonyl (C=O) groups is 2. The van der Waals surface area contributed by atoms with Gasteiger partial charge in [0, 0.05) is 18.7 Å². The van der Waals surface area contributed by atoms with Gasteiger partial charge in [-0.1, -0.05) is 0 Å². The Labute approximate surface area is 106 Å². The van der Waals surface area contributed by atoms with Gasteiger partial charge in [-0.3, -0.25) is 4.79 Å². The van der Waals surface area contributed by atoms with Crippen molar-refractivity contribution in [2.75, 3.05) is 20.2 Å². The van der Waals surface area contributed by atoms with Crippen molar-refractivity contribution < 1.29 is 14.3 Å². The Hall–Kier alpha value is -1.59. The summed E-state index contributed by atoms with van der Waals surface area (Å²) >= 11 is 0. The minimum absolute atomic E-state index is 0. The number of benzene rings is 1. The molecule has 0 saturated carbocycles. The van der Waals surface area contributed by atoms with Crippen LogP contribution in [0.3, 0.4) is 0 Å². The lowest BCUT2D eigenvalue weighted by molar-refractivity contribution is 0.0600. The fourth-order valence-corrected chi connectivity index (χ4v) is 1.16. The van der Waals surface area contributed by atoms with Crippen LogP contribution in [0.4, 0.5) is 0 Å². The minimum Gasteiger partial charge on any atom is -0.465 e. The first-order valence-electron chi connectivity index (χ1n) is 4.85. The molecule has 6 heteroatoms. The van der Waals surface area contributed by atoms with Gasteiger partial charge in [0.25, 0.3) is 5.91 Å². The summed E-state index contributed by atoms with van der Waals surface area (Å²) in [7, 11) is 1.31. The number of methoxy groups -OCH3 is 1. The molecule has 0 fully saturated rings. The summed E-state index contributed by atoms with van der Waals surface area (Å²) in [5, 5.41) is 2.63. The van der Waals surface area contributed by atoms with E-state index in [1.54, 1.807) is 24.3 Å². The standard InChI is InChI=1S/C11H14N2O3.ClH/c1-16-11(15)9-4-2-8(3-5-9)10(14)13-7-6-12;/h2-5H,6-7,12H2,1H3,(H,13,14);1H. The summed E-state index contributed by atoms with van der Waals surface area (Å²) in [5.74, 6) is -0.629. The van der Waals surface area contributed by atoms with Crippen LogP contribution in [-0.4, -0.2) is 32.1 Å². The van der Waals surface area contributed by atoms with Gasteiger partial charge in [0.2, 0.25) is 0 Å². The SMILES string of the molecule is COC(=O)c1ccc(C(=O)NCCN)cc1.Cl. The molecule has 3 N–H and O–H groups in total. The minimum atomic E-state index is -0.422. The molecule has 0 aliphatic rings. The second kappa shape index (κ2) is 7.65. The van der Waals surface area contributed by atoms with Crippen molar-refractivity contribution in [3.05, 3.63) is 35.4 Å². The van der Waals surface area contributed by atoms with E-state index < -0.39 is 5.97 Å². The molecule has 0 heterocycles. The molecule has 1 rings (SSSR count). The summed E-state index contributed by atoms with van der Waals surface area (Å²) in [4.78, 5) is 22.6. The second-order valence-electron chi connectivity index (χ2n) is 3.11. The lowest BCUT2D eigenvalue weighted by Gasteiger charge is -2.04. The van der Waals surface area contributed by atoms with Crippen molar-refractivity contribution in [3.8, 4) is 0 Å². The van der Waals surface area contributed by atoms with E-state index in [2.05, 4.69) is 10.1 Å². The van der Waals surface area contributed by atoms with Gasteiger partial charge in [-0.05, 0) is 24.3 Å². The third kappa shape index (κ3) is 4.42. The van der Waals surface area contributed by atoms with Crippen molar-refractivity contribution in [1.29, 1.82) is 0 Å². The van der Waals surface area contributed by atoms with Crippen LogP contribution in [0, 0.1) is 0 Å². The molecular weight excluding hydrogens is 244 g/mol. The van der Waals surface area contributed by atoms with E-state index in [1.165, 1.54) is 7.11 Å². The average Bonchev–Trinajstić information content (AvgIpc) is 2.35. The molecule has 94 valence electrons. The first-order valence-corrected chi connectivity index (χ1v) is 4.85. The number of amides is 1. The molecule has 17 heavy (non-hydrogen) atoms. The maximum Gasteiger partial charge on any atom is 0.337 e. The quantitative estimate of drug-likeness (QED) is 0.775. The summed E-state index contributed by atoms with van der Waals surface area (Å²) in [6.45, 7) is 0.823. The zero-order valence-corrected chi connectivity index (χ0v) is 10.3. The van der Waals surface area contributed by atoms with Crippen LogP contribution >= 0.6 is 12.4 Å². The van der Waals surface area contributed by atoms with Gasteiger partial charge in [0.15, 0.2) is 0 Å². The lowest BCUT2D eigenvalue weighted by Crippen LogP contribution is -2.28. The largest absolute Gasteiger partial charge is 0.465 e. The van der Waals surface area contributed by atoms with Crippen LogP contribution in [-0.2, 0) is 4.74 Å². The fraction of sp³-hybridized carbons (Fsp3) is 0.273. The Kier molecular flexibility index (Phi) is 6.93. The number of nitrogens with one attached hydrogen (secondary N) is 1. The van der Waals surface area contributed by atoms with Crippen molar-refractivity contribution in [3.63, 3.8) is 0 Å². The lowest BCUT2D eigenvalue weighted by atomic mass is 10.1. The molecule has 1 aromatic carbocycles. The number of hydrogen-bond donors (Lipinski definition) is 2. The highest BCUT2D eigenvalue weighted by Crippen LogP contribution is 2.05. The number of nitrogens with two attached hydrogens (primary N) is 1. The van der Waals surface area contributed by atoms with Gasteiger partial charge in [-0.2, -0.15) is 0 Å². The summed E-state index contributed by atoms with van der Waals surface area (Å²) in [6, 6.07) is 6.22. The first-order chi connectivity index (χ1) is 7.69. The average molecular weight is 259 g/mol. The zero-order chi connectivity index (χ0) is 12.0. The third-order valence-corrected chi connectivity index (χ3v) is 2.00. The maximum atomic E-state index is 11.5. The Balaban J connectivity index is 0.00000256. The second-order valence-corrected chi connectivity index (χ2v) is 3.11. The molecule has 0 unspecified atom stereocenters. The number of ether oxygens (including phenoxy) is 1. The number of rotatable bonds is 4. The predicted octanol–water partition coefficient (Wildman–Crippen LogP) is 0.583. The number of carbonyl (C=O) groups excluding carboxylic acids is 2. The van der Waals surface area contributed by atoms with Crippen LogP contribution < -0.4 is 11.1 Å². The third-order valence-electron chi connectivity index (χ3n) is 2.00. The van der Waals surface area contributed by atoms with Gasteiger partial charge < -0.3 is 15.8 Å². The Morgan fingerprint density at radius 3 is 2.24 bits per heavy atom. The molecule has 0 bridgehead atoms. The monoisotopic (exact) mass is 258 g/mol. The van der Waals surface area contributed by atoms with Gasteiger partial charge >= 0.3 is 5.97 Å². The van der Waals surface area contributed by atoms with Gasteiger partial charge in [-0.25, -0.2) is 4.79 Å². The molecule has 5 nitrogen and oxygen atoms in total. The number of esters is 1. The molecule has 0 spiro atoms. The highest BCUT2D eigenvalue weighted by Gasteiger charge is 2.07. The normalized spacial score (nSPS) is 9.06. The molecule has 0 radical (unpaired) electrons. The molecule has 0 aromatic heterocycles. The fourth-order valence-electron chi connectivity index (χ4n) is 1.16. The van der Waals surface area contributed by atoms with E-state index in [0.717, 1.165) is 0 Å². The van der Waals surface area contributed by atoms with Crippen LogP contribution in [0.15, 0.2) is 24.3 Å². The van der Waals surface area contributed by atoms with Crippen LogP contribution in [0.5, 0.6) is 0 Å². The maximum absolute atomic E-state index is 11.5. The number of halogens is 1. The number of hydrogen-bond acceptors (Lipinski definition) is 4. The van der Waals surface area contributed by atoms with Crippen LogP contribution in [0.25, 0.3) is 0 Å². The Bertz CT molecular complexity index is 379. The molecular formula is C11H15ClN2O3. The molecule has 0 aliphatic heterocycles. The van der Waals surface area contributed by atoms with E-state index in [1.807, 2.05) is 0 Å². The van der Waals surface area contributed by atoms with Crippen molar-refractivity contribution in [1.82, 2.24) is 5.32 Å². The molecule has 0 saturated heterocycles. The molecule has 0 aliphatic carbocycles. The Morgan fingerprint density at radius 2 is 1.76 bits per heavy atom.